The number of piperazine rings is 1. The third kappa shape index (κ3) is 10.8. The molecule has 2 aliphatic rings. The van der Waals surface area contributed by atoms with Gasteiger partial charge in [-0.15, -0.1) is 0 Å². The van der Waals surface area contributed by atoms with Crippen LogP contribution in [0.4, 0.5) is 16.3 Å². The molecule has 4 rings (SSSR count). The fourth-order valence-electron chi connectivity index (χ4n) is 5.66. The minimum atomic E-state index is -0.609. The van der Waals surface area contributed by atoms with E-state index in [0.29, 0.717) is 43.3 Å². The molecule has 2 N–H and O–H groups in total. The average Bonchev–Trinajstić information content (AvgIpc) is 3.07. The minimum Gasteiger partial charge on any atom is -0.457 e. The van der Waals surface area contributed by atoms with Gasteiger partial charge in [0.25, 0.3) is 0 Å². The highest BCUT2D eigenvalue weighted by Gasteiger charge is 2.34. The van der Waals surface area contributed by atoms with E-state index in [4.69, 9.17) is 19.5 Å². The van der Waals surface area contributed by atoms with E-state index >= 15 is 0 Å². The molecule has 1 aromatic heterocycles. The van der Waals surface area contributed by atoms with Gasteiger partial charge in [0.05, 0.1) is 16.2 Å². The highest BCUT2D eigenvalue weighted by atomic mass is 79.9. The fraction of sp³-hybridized carbons (Fsp3) is 0.436. The Morgan fingerprint density at radius 1 is 1.18 bits per heavy atom. The van der Waals surface area contributed by atoms with Crippen LogP contribution in [0.1, 0.15) is 77.6 Å². The van der Waals surface area contributed by atoms with E-state index in [2.05, 4.69) is 38.2 Å². The topological polar surface area (TPSA) is 115 Å². The van der Waals surface area contributed by atoms with E-state index in [1.54, 1.807) is 16.1 Å². The highest BCUT2D eigenvalue weighted by Crippen LogP contribution is 2.31. The molecule has 0 aliphatic carbocycles. The van der Waals surface area contributed by atoms with Crippen LogP contribution >= 0.6 is 15.9 Å². The molecule has 1 unspecified atom stereocenters. The van der Waals surface area contributed by atoms with Crippen molar-refractivity contribution in [1.29, 1.82) is 0 Å². The summed E-state index contributed by atoms with van der Waals surface area (Å²) in [5.74, 6) is 2.80. The average molecular weight is 763 g/mol. The van der Waals surface area contributed by atoms with Crippen molar-refractivity contribution in [2.24, 2.45) is 10.1 Å². The van der Waals surface area contributed by atoms with Crippen LogP contribution in [0, 0.1) is 13.8 Å². The molecule has 11 nitrogen and oxygen atoms in total. The van der Waals surface area contributed by atoms with Crippen molar-refractivity contribution >= 4 is 45.6 Å². The molecule has 0 radical (unpaired) electrons. The Morgan fingerprint density at radius 2 is 1.96 bits per heavy atom. The number of anilines is 2. The lowest BCUT2D eigenvalue weighted by Gasteiger charge is -2.42. The molecule has 1 atom stereocenters. The second-order valence-corrected chi connectivity index (χ2v) is 14.3. The van der Waals surface area contributed by atoms with Gasteiger partial charge in [-0.2, -0.15) is 5.10 Å². The third-order valence-electron chi connectivity index (χ3n) is 8.15. The summed E-state index contributed by atoms with van der Waals surface area (Å²) in [4.78, 5) is 26.9. The SMILES string of the molecule is C/C=N\N1C=CC(Oc2ccc(NC(=N/C=C/CCC)c3nc(N4CCN(C(=O)OC(C)(C)C)C(CCO)C4)c(Br)cc3C)cc2C)=C/C1=C\C. The molecule has 1 saturated heterocycles. The quantitative estimate of drug-likeness (QED) is 0.173. The summed E-state index contributed by atoms with van der Waals surface area (Å²) in [6.07, 6.45) is 15.3. The summed E-state index contributed by atoms with van der Waals surface area (Å²) in [6, 6.07) is 7.75. The van der Waals surface area contributed by atoms with E-state index in [1.807, 2.05) is 109 Å². The van der Waals surface area contributed by atoms with Crippen molar-refractivity contribution in [2.45, 2.75) is 86.3 Å². The molecule has 3 heterocycles. The molecule has 51 heavy (non-hydrogen) atoms. The zero-order valence-corrected chi connectivity index (χ0v) is 32.7. The first-order valence-corrected chi connectivity index (χ1v) is 18.3. The van der Waals surface area contributed by atoms with Crippen LogP contribution in [0.15, 0.2) is 87.0 Å². The number of pyridine rings is 1. The Labute approximate surface area is 311 Å². The Kier molecular flexibility index (Phi) is 14.0. The number of aliphatic hydroxyl groups is 1. The first kappa shape index (κ1) is 39.4. The number of hydrogen-bond donors (Lipinski definition) is 2. The van der Waals surface area contributed by atoms with Crippen LogP contribution < -0.4 is 15.0 Å². The summed E-state index contributed by atoms with van der Waals surface area (Å²) in [6.45, 7) is 17.0. The summed E-state index contributed by atoms with van der Waals surface area (Å²) < 4.78 is 12.8. The number of halogens is 1. The number of amidine groups is 1. The predicted molar refractivity (Wildman–Crippen MR) is 210 cm³/mol. The second-order valence-electron chi connectivity index (χ2n) is 13.4. The number of benzene rings is 1. The molecule has 1 aromatic carbocycles. The summed E-state index contributed by atoms with van der Waals surface area (Å²) in [5.41, 5.74) is 3.74. The number of hydrogen-bond acceptors (Lipinski definition) is 9. The van der Waals surface area contributed by atoms with Crippen LogP contribution in [-0.4, -0.2) is 76.0 Å². The number of aliphatic hydroxyl groups excluding tert-OH is 1. The van der Waals surface area contributed by atoms with Crippen molar-refractivity contribution in [3.05, 3.63) is 93.7 Å². The second kappa shape index (κ2) is 18.2. The molecule has 0 bridgehead atoms. The number of ether oxygens (including phenoxy) is 2. The first-order valence-electron chi connectivity index (χ1n) is 17.5. The van der Waals surface area contributed by atoms with Crippen molar-refractivity contribution in [3.63, 3.8) is 0 Å². The van der Waals surface area contributed by atoms with E-state index in [-0.39, 0.29) is 18.7 Å². The number of amides is 1. The molecule has 274 valence electrons. The number of rotatable bonds is 11. The summed E-state index contributed by atoms with van der Waals surface area (Å²) >= 11 is 3.76. The van der Waals surface area contributed by atoms with Crippen LogP contribution in [0.5, 0.6) is 5.75 Å². The van der Waals surface area contributed by atoms with Crippen LogP contribution in [-0.2, 0) is 4.74 Å². The number of nitrogens with one attached hydrogen (secondary N) is 1. The lowest BCUT2D eigenvalue weighted by molar-refractivity contribution is 0.0115. The van der Waals surface area contributed by atoms with E-state index < -0.39 is 5.60 Å². The molecule has 2 aliphatic heterocycles. The Bertz CT molecular complexity index is 1720. The molecule has 1 fully saturated rings. The van der Waals surface area contributed by atoms with Crippen LogP contribution in [0.3, 0.4) is 0 Å². The van der Waals surface area contributed by atoms with Gasteiger partial charge < -0.3 is 29.7 Å². The molecule has 0 saturated carbocycles. The Balaban J connectivity index is 1.61. The lowest BCUT2D eigenvalue weighted by atomic mass is 10.1. The van der Waals surface area contributed by atoms with Crippen molar-refractivity contribution in [1.82, 2.24) is 14.9 Å². The van der Waals surface area contributed by atoms with Gasteiger partial charge in [0.15, 0.2) is 5.84 Å². The number of carbonyl (C=O) groups excluding carboxylic acids is 1. The zero-order chi connectivity index (χ0) is 37.1. The molecular weight excluding hydrogens is 710 g/mol. The monoisotopic (exact) mass is 761 g/mol. The standard InChI is InChI=1S/C39H52BrN7O4/c1-9-12-13-18-41-36(43-29-14-15-34(27(4)23-29)50-32-16-19-47(42-11-3)30(10-2)25-32)35-28(5)24-33(40)37(44-35)45-20-21-46(31(26-45)17-22-48)38(49)51-39(6,7)8/h10-11,13-16,18-19,23-25,31,48H,9,12,17,20-22,26H2,1-8H3,(H,41,43)/b18-13+,30-10+,42-11-. The van der Waals surface area contributed by atoms with Gasteiger partial charge in [0.1, 0.15) is 28.6 Å². The summed E-state index contributed by atoms with van der Waals surface area (Å²) in [5, 5.41) is 19.5. The molecule has 0 spiro atoms. The normalized spacial score (nSPS) is 17.9. The third-order valence-corrected chi connectivity index (χ3v) is 8.73. The number of carbonyl (C=O) groups is 1. The van der Waals surface area contributed by atoms with Gasteiger partial charge >= 0.3 is 6.09 Å². The van der Waals surface area contributed by atoms with Gasteiger partial charge in [0, 0.05) is 56.6 Å². The zero-order valence-electron chi connectivity index (χ0n) is 31.1. The van der Waals surface area contributed by atoms with Crippen molar-refractivity contribution in [3.8, 4) is 5.75 Å². The van der Waals surface area contributed by atoms with Crippen LogP contribution in [0.2, 0.25) is 0 Å². The van der Waals surface area contributed by atoms with Gasteiger partial charge in [0.2, 0.25) is 0 Å². The van der Waals surface area contributed by atoms with Gasteiger partial charge in [-0.25, -0.2) is 19.8 Å². The van der Waals surface area contributed by atoms with Crippen molar-refractivity contribution < 1.29 is 19.4 Å². The largest absolute Gasteiger partial charge is 0.457 e. The number of hydrazone groups is 1. The van der Waals surface area contributed by atoms with E-state index in [9.17, 15) is 9.90 Å². The first-order chi connectivity index (χ1) is 24.4. The maximum absolute atomic E-state index is 13.0. The molecular formula is C39H52BrN7O4. The maximum Gasteiger partial charge on any atom is 0.410 e. The number of nitrogens with zero attached hydrogens (tertiary/aromatic N) is 6. The highest BCUT2D eigenvalue weighted by molar-refractivity contribution is 9.10. The molecule has 2 aromatic rings. The Morgan fingerprint density at radius 3 is 2.63 bits per heavy atom. The number of aliphatic imine (C=N–C) groups is 1. The number of unbranched alkanes of at least 4 members (excludes halogenated alkanes) is 1. The molecule has 1 amide bonds. The smallest absolute Gasteiger partial charge is 0.410 e. The van der Waals surface area contributed by atoms with E-state index in [0.717, 1.165) is 51.4 Å². The maximum atomic E-state index is 13.0. The van der Waals surface area contributed by atoms with Crippen molar-refractivity contribution in [2.75, 3.05) is 36.5 Å². The number of allylic oxidation sites excluding steroid dienone is 4. The van der Waals surface area contributed by atoms with Gasteiger partial charge in [-0.05, 0) is 119 Å². The van der Waals surface area contributed by atoms with E-state index in [1.165, 1.54) is 0 Å². The van der Waals surface area contributed by atoms with Gasteiger partial charge in [-0.3, -0.25) is 0 Å². The number of aromatic nitrogens is 1. The molecule has 12 heteroatoms. The Hall–Kier alpha value is -4.42. The minimum absolute atomic E-state index is 0.0443. The van der Waals surface area contributed by atoms with Gasteiger partial charge in [-0.1, -0.05) is 25.5 Å². The van der Waals surface area contributed by atoms with Crippen LogP contribution in [0.25, 0.3) is 0 Å². The fourth-order valence-corrected chi connectivity index (χ4v) is 6.34. The number of aryl methyl sites for hydroxylation is 2. The summed E-state index contributed by atoms with van der Waals surface area (Å²) in [7, 11) is 0. The predicted octanol–water partition coefficient (Wildman–Crippen LogP) is 8.44. The lowest BCUT2D eigenvalue weighted by Crippen LogP contribution is -2.56.